The number of ether oxygens (including phenoxy) is 1. The van der Waals surface area contributed by atoms with Crippen LogP contribution in [-0.2, 0) is 0 Å². The molecule has 0 fully saturated rings. The Hall–Kier alpha value is -9.03. The number of anilines is 6. The van der Waals surface area contributed by atoms with Crippen LogP contribution in [0.2, 0.25) is 19.6 Å². The highest BCUT2D eigenvalue weighted by Gasteiger charge is 2.30. The summed E-state index contributed by atoms with van der Waals surface area (Å²) in [4.78, 5) is 4.49. The van der Waals surface area contributed by atoms with Crippen LogP contribution in [0.1, 0.15) is 0 Å². The second kappa shape index (κ2) is 18.2. The number of fused-ring (bicyclic) bond motifs is 6. The summed E-state index contributed by atoms with van der Waals surface area (Å²) in [5.74, 6) is 1.27. The van der Waals surface area contributed by atoms with Gasteiger partial charge in [-0.3, -0.25) is 0 Å². The Balaban J connectivity index is 1.05. The summed E-state index contributed by atoms with van der Waals surface area (Å²) in [7, 11) is -1.50. The zero-order chi connectivity index (χ0) is 49.9. The Morgan fingerprint density at radius 3 is 1.61 bits per heavy atom. The molecule has 0 saturated heterocycles. The number of rotatable bonds is 10. The van der Waals surface area contributed by atoms with Crippen molar-refractivity contribution < 1.29 is 9.13 Å². The quantitative estimate of drug-likeness (QED) is 0.100. The molecule has 0 N–H and O–H groups in total. The largest absolute Gasteiger partial charge is 0.456 e. The number of nitrogens with zero attached hydrogens (tertiary/aromatic N) is 2. The summed E-state index contributed by atoms with van der Waals surface area (Å²) in [5, 5.41) is 7.74. The molecule has 0 unspecified atom stereocenters. The first-order valence-corrected chi connectivity index (χ1v) is 28.8. The van der Waals surface area contributed by atoms with Crippen LogP contribution in [-0.4, -0.2) is 8.07 Å². The lowest BCUT2D eigenvalue weighted by molar-refractivity contribution is 0.487. The average molecular weight is 971 g/mol. The predicted molar refractivity (Wildman–Crippen MR) is 313 cm³/mol. The standard InChI is InChI=1S/C69H51FN2OSi/c1-74(2,3)53-38-35-51(36-39-53)71(50-27-14-7-15-28-50)52-37-40-57-62-44-60-55-30-16-17-31-56(55)65(45-61(60)58-32-20-34-66(68(58)62)73-67(57)43-52)72(64-33-19-18-29-54(64)47-23-10-5-11-24-47)69-59(48-25-12-6-13-26-48)41-49(42-63(69)70)46-21-8-4-9-22-46/h4-45H,1-3H3. The number of hydrogen-bond donors (Lipinski definition) is 0. The predicted octanol–water partition coefficient (Wildman–Crippen LogP) is 19.5. The Morgan fingerprint density at radius 2 is 0.905 bits per heavy atom. The van der Waals surface area contributed by atoms with Gasteiger partial charge < -0.3 is 14.5 Å². The Labute approximate surface area is 432 Å². The van der Waals surface area contributed by atoms with Gasteiger partial charge in [-0.25, -0.2) is 4.39 Å². The summed E-state index contributed by atoms with van der Waals surface area (Å²) in [6.45, 7) is 7.16. The van der Waals surface area contributed by atoms with E-state index in [2.05, 4.69) is 224 Å². The molecule has 12 aromatic carbocycles. The van der Waals surface area contributed by atoms with Gasteiger partial charge in [-0.05, 0) is 122 Å². The lowest BCUT2D eigenvalue weighted by atomic mass is 9.88. The monoisotopic (exact) mass is 970 g/mol. The first kappa shape index (κ1) is 44.9. The maximum absolute atomic E-state index is 18.2. The van der Waals surface area contributed by atoms with Crippen molar-refractivity contribution in [2.75, 3.05) is 9.80 Å². The molecule has 1 heterocycles. The third kappa shape index (κ3) is 7.81. The van der Waals surface area contributed by atoms with Gasteiger partial charge in [-0.15, -0.1) is 0 Å². The van der Waals surface area contributed by atoms with Gasteiger partial charge in [0.15, 0.2) is 0 Å². The molecule has 354 valence electrons. The summed E-state index contributed by atoms with van der Waals surface area (Å²) in [6.07, 6.45) is 0. The number of hydrogen-bond acceptors (Lipinski definition) is 3. The normalized spacial score (nSPS) is 11.9. The highest BCUT2D eigenvalue weighted by Crippen LogP contribution is 2.54. The van der Waals surface area contributed by atoms with Crippen LogP contribution in [0.3, 0.4) is 0 Å². The molecule has 74 heavy (non-hydrogen) atoms. The van der Waals surface area contributed by atoms with E-state index in [1.165, 1.54) is 5.19 Å². The molecule has 0 amide bonds. The third-order valence-electron chi connectivity index (χ3n) is 14.6. The van der Waals surface area contributed by atoms with Gasteiger partial charge in [0.2, 0.25) is 0 Å². The van der Waals surface area contributed by atoms with Crippen molar-refractivity contribution in [2.45, 2.75) is 19.6 Å². The highest BCUT2D eigenvalue weighted by atomic mass is 28.3. The molecule has 0 aliphatic carbocycles. The van der Waals surface area contributed by atoms with Crippen molar-refractivity contribution in [3.05, 3.63) is 261 Å². The number of halogens is 1. The van der Waals surface area contributed by atoms with Crippen LogP contribution in [0.5, 0.6) is 11.5 Å². The van der Waals surface area contributed by atoms with E-state index in [0.717, 1.165) is 117 Å². The molecule has 12 aromatic rings. The molecule has 1 aliphatic heterocycles. The van der Waals surface area contributed by atoms with E-state index in [0.29, 0.717) is 5.69 Å². The van der Waals surface area contributed by atoms with Gasteiger partial charge in [-0.2, -0.15) is 0 Å². The van der Waals surface area contributed by atoms with Gasteiger partial charge in [-0.1, -0.05) is 201 Å². The van der Waals surface area contributed by atoms with Crippen molar-refractivity contribution in [2.24, 2.45) is 0 Å². The minimum absolute atomic E-state index is 0.326. The van der Waals surface area contributed by atoms with Crippen LogP contribution in [0.25, 0.3) is 76.8 Å². The average Bonchev–Trinajstić information content (AvgIpc) is 3.46. The van der Waals surface area contributed by atoms with Gasteiger partial charge in [0.25, 0.3) is 0 Å². The van der Waals surface area contributed by atoms with Crippen LogP contribution >= 0.6 is 0 Å². The molecule has 0 saturated carbocycles. The molecule has 3 nitrogen and oxygen atoms in total. The zero-order valence-electron chi connectivity index (χ0n) is 41.4. The SMILES string of the molecule is C[Si](C)(C)c1ccc(N(c2ccccc2)c2ccc3c(c2)Oc2cccc4c2c-3cc2c3ccccc3c(N(c3ccccc3-c3ccccc3)c3c(F)cc(-c5ccccc5)cc3-c3ccccc3)cc42)cc1. The second-order valence-electron chi connectivity index (χ2n) is 20.2. The van der Waals surface area contributed by atoms with Crippen LogP contribution in [0.15, 0.2) is 255 Å². The van der Waals surface area contributed by atoms with Gasteiger partial charge >= 0.3 is 0 Å². The lowest BCUT2D eigenvalue weighted by Crippen LogP contribution is -2.37. The zero-order valence-corrected chi connectivity index (χ0v) is 42.4. The molecule has 0 bridgehead atoms. The number of benzene rings is 12. The first-order valence-electron chi connectivity index (χ1n) is 25.3. The Kier molecular flexibility index (Phi) is 11.1. The van der Waals surface area contributed by atoms with E-state index in [1.54, 1.807) is 6.07 Å². The van der Waals surface area contributed by atoms with Crippen molar-refractivity contribution in [3.63, 3.8) is 0 Å². The first-order chi connectivity index (χ1) is 36.3. The van der Waals surface area contributed by atoms with E-state index >= 15 is 4.39 Å². The minimum Gasteiger partial charge on any atom is -0.456 e. The van der Waals surface area contributed by atoms with Gasteiger partial charge in [0, 0.05) is 50.6 Å². The third-order valence-corrected chi connectivity index (χ3v) is 16.7. The minimum atomic E-state index is -1.50. The molecular weight excluding hydrogens is 920 g/mol. The molecule has 5 heteroatoms. The molecule has 1 aliphatic rings. The fraction of sp³-hybridized carbons (Fsp3) is 0.0435. The molecule has 0 spiro atoms. The summed E-state index contributed by atoms with van der Waals surface area (Å²) >= 11 is 0. The fourth-order valence-corrected chi connectivity index (χ4v) is 12.2. The van der Waals surface area contributed by atoms with Crippen molar-refractivity contribution in [1.82, 2.24) is 0 Å². The van der Waals surface area contributed by atoms with Crippen molar-refractivity contribution in [1.29, 1.82) is 0 Å². The van der Waals surface area contributed by atoms with Crippen LogP contribution in [0, 0.1) is 5.82 Å². The second-order valence-corrected chi connectivity index (χ2v) is 25.3. The maximum atomic E-state index is 18.2. The van der Waals surface area contributed by atoms with E-state index < -0.39 is 8.07 Å². The van der Waals surface area contributed by atoms with E-state index in [-0.39, 0.29) is 5.82 Å². The molecular formula is C69H51FN2OSi. The smallest absolute Gasteiger partial charge is 0.148 e. The molecule has 0 radical (unpaired) electrons. The Bertz CT molecular complexity index is 4080. The molecule has 0 atom stereocenters. The maximum Gasteiger partial charge on any atom is 0.148 e. The molecule has 13 rings (SSSR count). The van der Waals surface area contributed by atoms with Crippen LogP contribution in [0.4, 0.5) is 38.5 Å². The van der Waals surface area contributed by atoms with Crippen molar-refractivity contribution >= 4 is 79.7 Å². The topological polar surface area (TPSA) is 15.7 Å². The summed E-state index contributed by atoms with van der Waals surface area (Å²) in [5.41, 5.74) is 13.0. The van der Waals surface area contributed by atoms with E-state index in [1.807, 2.05) is 54.6 Å². The Morgan fingerprint density at radius 1 is 0.338 bits per heavy atom. The lowest BCUT2D eigenvalue weighted by Gasteiger charge is -2.32. The summed E-state index contributed by atoms with van der Waals surface area (Å²) in [6, 6.07) is 88.8. The van der Waals surface area contributed by atoms with Crippen molar-refractivity contribution in [3.8, 4) is 56.0 Å². The summed E-state index contributed by atoms with van der Waals surface area (Å²) < 4.78 is 25.2. The molecule has 0 aromatic heterocycles. The van der Waals surface area contributed by atoms with Gasteiger partial charge in [0.1, 0.15) is 17.3 Å². The fourth-order valence-electron chi connectivity index (χ4n) is 11.1. The number of para-hydroxylation sites is 2. The highest BCUT2D eigenvalue weighted by molar-refractivity contribution is 6.88. The van der Waals surface area contributed by atoms with Crippen LogP contribution < -0.4 is 19.7 Å². The van der Waals surface area contributed by atoms with E-state index in [9.17, 15) is 0 Å². The van der Waals surface area contributed by atoms with E-state index in [4.69, 9.17) is 4.74 Å². The van der Waals surface area contributed by atoms with Gasteiger partial charge in [0.05, 0.1) is 25.1 Å².